The molecular formula is C27H35Cl3N2O12S. The first-order valence-electron chi connectivity index (χ1n) is 13.0. The van der Waals surface area contributed by atoms with Gasteiger partial charge in [0.1, 0.15) is 35.8 Å². The highest BCUT2D eigenvalue weighted by atomic mass is 35.6. The second kappa shape index (κ2) is 17.6. The SMILES string of the molecule is COC(=O)C(CSCc1c(OC(C)=O)cc(OC(C)=O)c(C)c1C(=O)OCC(Cl)(Cl)Cl)NC(=O)C(CO)NC(=O)OC(C)(C)C. The van der Waals surface area contributed by atoms with Gasteiger partial charge in [0.25, 0.3) is 0 Å². The molecule has 252 valence electrons. The molecule has 3 N–H and O–H groups in total. The van der Waals surface area contributed by atoms with Crippen molar-refractivity contribution >= 4 is 82.4 Å². The summed E-state index contributed by atoms with van der Waals surface area (Å²) >= 11 is 18.2. The molecule has 0 bridgehead atoms. The summed E-state index contributed by atoms with van der Waals surface area (Å²) in [6.45, 7) is 7.03. The van der Waals surface area contributed by atoms with Crippen molar-refractivity contribution in [2.24, 2.45) is 0 Å². The van der Waals surface area contributed by atoms with Crippen LogP contribution in [0.15, 0.2) is 6.07 Å². The topological polar surface area (TPSA) is 193 Å². The van der Waals surface area contributed by atoms with Gasteiger partial charge in [0.15, 0.2) is 0 Å². The van der Waals surface area contributed by atoms with Crippen LogP contribution in [0.3, 0.4) is 0 Å². The highest BCUT2D eigenvalue weighted by molar-refractivity contribution is 7.98. The summed E-state index contributed by atoms with van der Waals surface area (Å²) < 4.78 is 23.5. The summed E-state index contributed by atoms with van der Waals surface area (Å²) in [7, 11) is 1.09. The molecule has 14 nitrogen and oxygen atoms in total. The van der Waals surface area contributed by atoms with Gasteiger partial charge < -0.3 is 39.4 Å². The van der Waals surface area contributed by atoms with Crippen molar-refractivity contribution in [2.75, 3.05) is 26.1 Å². The summed E-state index contributed by atoms with van der Waals surface area (Å²) in [6.07, 6.45) is -0.972. The van der Waals surface area contributed by atoms with E-state index in [-0.39, 0.29) is 39.7 Å². The molecule has 0 radical (unpaired) electrons. The van der Waals surface area contributed by atoms with Crippen molar-refractivity contribution in [3.05, 3.63) is 22.8 Å². The smallest absolute Gasteiger partial charge is 0.408 e. The summed E-state index contributed by atoms with van der Waals surface area (Å²) in [6, 6.07) is -1.54. The van der Waals surface area contributed by atoms with Crippen molar-refractivity contribution < 1.29 is 57.6 Å². The number of aliphatic hydroxyl groups is 1. The molecule has 18 heteroatoms. The van der Waals surface area contributed by atoms with E-state index in [0.29, 0.717) is 0 Å². The normalized spacial score (nSPS) is 12.7. The molecule has 0 saturated heterocycles. The Bertz CT molecular complexity index is 1280. The van der Waals surface area contributed by atoms with Crippen molar-refractivity contribution in [2.45, 2.75) is 68.8 Å². The number of benzene rings is 1. The second-order valence-corrected chi connectivity index (χ2v) is 13.8. The molecule has 45 heavy (non-hydrogen) atoms. The number of halogens is 3. The van der Waals surface area contributed by atoms with E-state index in [2.05, 4.69) is 10.6 Å². The number of aliphatic hydroxyl groups excluding tert-OH is 1. The van der Waals surface area contributed by atoms with Gasteiger partial charge in [-0.15, -0.1) is 0 Å². The molecule has 1 rings (SSSR count). The minimum absolute atomic E-state index is 0.0905. The van der Waals surface area contributed by atoms with Crippen LogP contribution in [-0.2, 0) is 39.1 Å². The van der Waals surface area contributed by atoms with Gasteiger partial charge in [-0.2, -0.15) is 11.8 Å². The van der Waals surface area contributed by atoms with Gasteiger partial charge >= 0.3 is 30.0 Å². The molecule has 0 aliphatic heterocycles. The first-order chi connectivity index (χ1) is 20.7. The predicted molar refractivity (Wildman–Crippen MR) is 165 cm³/mol. The molecular weight excluding hydrogens is 683 g/mol. The lowest BCUT2D eigenvalue weighted by Crippen LogP contribution is -2.54. The van der Waals surface area contributed by atoms with E-state index in [4.69, 9.17) is 58.5 Å². The van der Waals surface area contributed by atoms with E-state index in [1.54, 1.807) is 20.8 Å². The number of carbonyl (C=O) groups is 6. The number of rotatable bonds is 13. The van der Waals surface area contributed by atoms with Crippen LogP contribution in [0.1, 0.15) is 56.1 Å². The van der Waals surface area contributed by atoms with Crippen LogP contribution >= 0.6 is 46.6 Å². The molecule has 0 aliphatic rings. The number of methoxy groups -OCH3 is 1. The van der Waals surface area contributed by atoms with Crippen molar-refractivity contribution in [3.63, 3.8) is 0 Å². The molecule has 1 aromatic carbocycles. The molecule has 2 atom stereocenters. The molecule has 0 saturated carbocycles. The zero-order valence-electron chi connectivity index (χ0n) is 25.5. The van der Waals surface area contributed by atoms with Crippen molar-refractivity contribution in [1.82, 2.24) is 10.6 Å². The Kier molecular flexibility index (Phi) is 15.7. The molecule has 0 aliphatic carbocycles. The zero-order valence-corrected chi connectivity index (χ0v) is 28.6. The fourth-order valence-corrected chi connectivity index (χ4v) is 4.67. The number of hydrogen-bond donors (Lipinski definition) is 3. The first-order valence-corrected chi connectivity index (χ1v) is 15.3. The molecule has 0 fully saturated rings. The van der Waals surface area contributed by atoms with E-state index in [9.17, 15) is 33.9 Å². The van der Waals surface area contributed by atoms with Crippen LogP contribution in [0.25, 0.3) is 0 Å². The van der Waals surface area contributed by atoms with Gasteiger partial charge in [0.05, 0.1) is 19.3 Å². The monoisotopic (exact) mass is 716 g/mol. The number of hydrogen-bond acceptors (Lipinski definition) is 13. The summed E-state index contributed by atoms with van der Waals surface area (Å²) in [5.74, 6) is -4.88. The quantitative estimate of drug-likeness (QED) is 0.117. The van der Waals surface area contributed by atoms with Gasteiger partial charge in [0, 0.05) is 42.5 Å². The Hall–Kier alpha value is -2.98. The number of ether oxygens (including phenoxy) is 5. The maximum atomic E-state index is 13.2. The van der Waals surface area contributed by atoms with Gasteiger partial charge in [-0.25, -0.2) is 14.4 Å². The number of alkyl halides is 3. The average Bonchev–Trinajstić information content (AvgIpc) is 2.89. The van der Waals surface area contributed by atoms with Gasteiger partial charge in [-0.1, -0.05) is 34.8 Å². The third-order valence-electron chi connectivity index (χ3n) is 5.21. The number of thioether (sulfide) groups is 1. The number of esters is 4. The number of alkyl carbamates (subject to hydrolysis) is 1. The Morgan fingerprint density at radius 2 is 1.53 bits per heavy atom. The Balaban J connectivity index is 3.37. The van der Waals surface area contributed by atoms with Crippen LogP contribution < -0.4 is 20.1 Å². The largest absolute Gasteiger partial charge is 0.467 e. The van der Waals surface area contributed by atoms with E-state index >= 15 is 0 Å². The maximum Gasteiger partial charge on any atom is 0.408 e. The molecule has 2 unspecified atom stereocenters. The lowest BCUT2D eigenvalue weighted by molar-refractivity contribution is -0.144. The zero-order chi connectivity index (χ0) is 34.7. The standard InChI is InChI=1S/C27H35Cl3N2O12S/c1-13-19(42-14(2)34)8-20(43-15(3)35)16(21(13)24(38)41-12-27(28,29)30)10-45-11-18(23(37)40-7)31-22(36)17(9-33)32-25(39)44-26(4,5)6/h8,17-18,33H,9-12H2,1-7H3,(H,31,36)(H,32,39). The first kappa shape index (κ1) is 40.0. The maximum absolute atomic E-state index is 13.2. The van der Waals surface area contributed by atoms with Crippen molar-refractivity contribution in [3.8, 4) is 11.5 Å². The highest BCUT2D eigenvalue weighted by Gasteiger charge is 2.31. The molecule has 0 heterocycles. The Morgan fingerprint density at radius 3 is 2.02 bits per heavy atom. The number of carbonyl (C=O) groups excluding carboxylic acids is 6. The highest BCUT2D eigenvalue weighted by Crippen LogP contribution is 2.37. The van der Waals surface area contributed by atoms with E-state index in [1.165, 1.54) is 13.0 Å². The minimum Gasteiger partial charge on any atom is -0.467 e. The lowest BCUT2D eigenvalue weighted by atomic mass is 10.0. The fraction of sp³-hybridized carbons (Fsp3) is 0.556. The van der Waals surface area contributed by atoms with Crippen LogP contribution in [0.4, 0.5) is 4.79 Å². The summed E-state index contributed by atoms with van der Waals surface area (Å²) in [5, 5.41) is 14.3. The molecule has 2 amide bonds. The number of nitrogens with one attached hydrogen (secondary N) is 2. The van der Waals surface area contributed by atoms with Gasteiger partial charge in [-0.05, 0) is 27.7 Å². The van der Waals surface area contributed by atoms with Crippen LogP contribution in [0.2, 0.25) is 0 Å². The second-order valence-electron chi connectivity index (χ2n) is 10.2. The molecule has 0 spiro atoms. The third kappa shape index (κ3) is 14.3. The predicted octanol–water partition coefficient (Wildman–Crippen LogP) is 3.15. The van der Waals surface area contributed by atoms with Crippen LogP contribution in [-0.4, -0.2) is 88.5 Å². The summed E-state index contributed by atoms with van der Waals surface area (Å²) in [4.78, 5) is 74.3. The average molecular weight is 718 g/mol. The Morgan fingerprint density at radius 1 is 0.956 bits per heavy atom. The lowest BCUT2D eigenvalue weighted by Gasteiger charge is -2.24. The van der Waals surface area contributed by atoms with Crippen molar-refractivity contribution in [1.29, 1.82) is 0 Å². The van der Waals surface area contributed by atoms with E-state index in [1.807, 2.05) is 0 Å². The third-order valence-corrected chi connectivity index (χ3v) is 6.60. The van der Waals surface area contributed by atoms with E-state index in [0.717, 1.165) is 32.7 Å². The van der Waals surface area contributed by atoms with E-state index < -0.39 is 70.6 Å². The number of amides is 2. The minimum atomic E-state index is -1.96. The van der Waals surface area contributed by atoms with Gasteiger partial charge in [-0.3, -0.25) is 14.4 Å². The van der Waals surface area contributed by atoms with Crippen LogP contribution in [0, 0.1) is 6.92 Å². The Labute approximate surface area is 279 Å². The fourth-order valence-electron chi connectivity index (χ4n) is 3.44. The van der Waals surface area contributed by atoms with Gasteiger partial charge in [0.2, 0.25) is 9.70 Å². The molecule has 0 aromatic heterocycles. The van der Waals surface area contributed by atoms with Crippen LogP contribution in [0.5, 0.6) is 11.5 Å². The molecule has 1 aromatic rings. The summed E-state index contributed by atoms with van der Waals surface area (Å²) in [5.41, 5.74) is -0.833.